The van der Waals surface area contributed by atoms with E-state index in [1.165, 1.54) is 0 Å². The highest BCUT2D eigenvalue weighted by Gasteiger charge is 2.12. The third kappa shape index (κ3) is 2.70. The molecular formula is C19H15N3OS. The summed E-state index contributed by atoms with van der Waals surface area (Å²) < 4.78 is 0. The number of rotatable bonds is 3. The molecule has 2 heterocycles. The lowest BCUT2D eigenvalue weighted by atomic mass is 10.1. The lowest BCUT2D eigenvalue weighted by Crippen LogP contribution is -2.11. The summed E-state index contributed by atoms with van der Waals surface area (Å²) in [6.45, 7) is 1.98. The predicted molar refractivity (Wildman–Crippen MR) is 98.5 cm³/mol. The molecule has 5 heteroatoms. The molecule has 0 aliphatic heterocycles. The molecule has 0 spiro atoms. The molecule has 4 aromatic rings. The number of fused-ring (bicyclic) bond motifs is 1. The normalized spacial score (nSPS) is 10.9. The van der Waals surface area contributed by atoms with Gasteiger partial charge in [0.15, 0.2) is 0 Å². The highest BCUT2D eigenvalue weighted by atomic mass is 32.1. The van der Waals surface area contributed by atoms with Crippen LogP contribution in [0, 0.1) is 6.92 Å². The Labute approximate surface area is 143 Å². The van der Waals surface area contributed by atoms with Crippen molar-refractivity contribution in [2.75, 3.05) is 5.32 Å². The third-order valence-corrected chi connectivity index (χ3v) is 4.64. The molecule has 0 fully saturated rings. The summed E-state index contributed by atoms with van der Waals surface area (Å²) >= 11 is 1.62. The number of amides is 1. The summed E-state index contributed by atoms with van der Waals surface area (Å²) in [4.78, 5) is 20.2. The standard InChI is InChI=1S/C19H15N3OS/c1-12-21-18(11-24-12)13-5-4-6-14(9-13)22-19(23)16-10-20-17-8-3-2-7-15(16)17/h2-11,20H,1H3,(H,22,23). The summed E-state index contributed by atoms with van der Waals surface area (Å²) in [5.74, 6) is -0.126. The van der Waals surface area contributed by atoms with Crippen LogP contribution in [0.3, 0.4) is 0 Å². The number of H-pyrrole nitrogens is 1. The summed E-state index contributed by atoms with van der Waals surface area (Å²) in [5.41, 5.74) is 4.28. The summed E-state index contributed by atoms with van der Waals surface area (Å²) in [7, 11) is 0. The van der Waals surface area contributed by atoms with Gasteiger partial charge in [-0.3, -0.25) is 4.79 Å². The van der Waals surface area contributed by atoms with Gasteiger partial charge in [-0.05, 0) is 25.1 Å². The zero-order valence-corrected chi connectivity index (χ0v) is 13.9. The molecule has 4 rings (SSSR count). The molecule has 2 aromatic heterocycles. The van der Waals surface area contributed by atoms with Gasteiger partial charge in [-0.2, -0.15) is 0 Å². The van der Waals surface area contributed by atoms with E-state index in [1.807, 2.05) is 60.8 Å². The number of aromatic amines is 1. The average Bonchev–Trinajstić information content (AvgIpc) is 3.21. The van der Waals surface area contributed by atoms with Crippen LogP contribution < -0.4 is 5.32 Å². The number of nitrogens with one attached hydrogen (secondary N) is 2. The number of benzene rings is 2. The topological polar surface area (TPSA) is 57.8 Å². The minimum absolute atomic E-state index is 0.126. The number of aromatic nitrogens is 2. The maximum absolute atomic E-state index is 12.6. The largest absolute Gasteiger partial charge is 0.360 e. The maximum Gasteiger partial charge on any atom is 0.257 e. The van der Waals surface area contributed by atoms with Crippen LogP contribution in [-0.2, 0) is 0 Å². The van der Waals surface area contributed by atoms with Crippen LogP contribution in [0.1, 0.15) is 15.4 Å². The van der Waals surface area contributed by atoms with Crippen molar-refractivity contribution in [3.8, 4) is 11.3 Å². The Hall–Kier alpha value is -2.92. The molecule has 2 aromatic carbocycles. The lowest BCUT2D eigenvalue weighted by molar-refractivity contribution is 0.102. The van der Waals surface area contributed by atoms with Crippen molar-refractivity contribution in [3.05, 3.63) is 70.7 Å². The van der Waals surface area contributed by atoms with Crippen LogP contribution >= 0.6 is 11.3 Å². The zero-order valence-electron chi connectivity index (χ0n) is 13.0. The fourth-order valence-electron chi connectivity index (χ4n) is 2.71. The first-order chi connectivity index (χ1) is 11.7. The molecular weight excluding hydrogens is 318 g/mol. The minimum atomic E-state index is -0.126. The van der Waals surface area contributed by atoms with Gasteiger partial charge in [-0.25, -0.2) is 4.98 Å². The van der Waals surface area contributed by atoms with E-state index in [4.69, 9.17) is 0 Å². The second-order valence-corrected chi connectivity index (χ2v) is 6.60. The first-order valence-electron chi connectivity index (χ1n) is 7.61. The molecule has 0 aliphatic rings. The van der Waals surface area contributed by atoms with Crippen LogP contribution in [0.25, 0.3) is 22.2 Å². The quantitative estimate of drug-likeness (QED) is 0.563. The predicted octanol–water partition coefficient (Wildman–Crippen LogP) is 4.85. The number of para-hydroxylation sites is 1. The molecule has 4 nitrogen and oxygen atoms in total. The molecule has 24 heavy (non-hydrogen) atoms. The molecule has 0 bridgehead atoms. The Morgan fingerprint density at radius 2 is 2.04 bits per heavy atom. The maximum atomic E-state index is 12.6. The fraction of sp³-hybridized carbons (Fsp3) is 0.0526. The monoisotopic (exact) mass is 333 g/mol. The van der Waals surface area contributed by atoms with Crippen LogP contribution in [0.5, 0.6) is 0 Å². The highest BCUT2D eigenvalue weighted by Crippen LogP contribution is 2.25. The second kappa shape index (κ2) is 5.94. The van der Waals surface area contributed by atoms with Crippen molar-refractivity contribution in [3.63, 3.8) is 0 Å². The van der Waals surface area contributed by atoms with E-state index < -0.39 is 0 Å². The number of nitrogens with zero attached hydrogens (tertiary/aromatic N) is 1. The van der Waals surface area contributed by atoms with Gasteiger partial charge in [0.25, 0.3) is 5.91 Å². The zero-order chi connectivity index (χ0) is 16.5. The Kier molecular flexibility index (Phi) is 3.63. The van der Waals surface area contributed by atoms with Crippen LogP contribution in [0.4, 0.5) is 5.69 Å². The van der Waals surface area contributed by atoms with E-state index in [9.17, 15) is 4.79 Å². The van der Waals surface area contributed by atoms with Crippen LogP contribution in [-0.4, -0.2) is 15.9 Å². The van der Waals surface area contributed by atoms with E-state index in [0.29, 0.717) is 5.56 Å². The minimum Gasteiger partial charge on any atom is -0.360 e. The van der Waals surface area contributed by atoms with Gasteiger partial charge in [0.05, 0.1) is 16.3 Å². The number of hydrogen-bond donors (Lipinski definition) is 2. The van der Waals surface area contributed by atoms with Gasteiger partial charge in [-0.1, -0.05) is 30.3 Å². The first kappa shape index (κ1) is 14.7. The van der Waals surface area contributed by atoms with Gasteiger partial charge in [0.1, 0.15) is 0 Å². The molecule has 0 atom stereocenters. The second-order valence-electron chi connectivity index (χ2n) is 5.53. The van der Waals surface area contributed by atoms with Crippen molar-refractivity contribution >= 4 is 33.8 Å². The summed E-state index contributed by atoms with van der Waals surface area (Å²) in [5, 5.41) is 6.94. The van der Waals surface area contributed by atoms with Crippen LogP contribution in [0.15, 0.2) is 60.1 Å². The average molecular weight is 333 g/mol. The number of carbonyl (C=O) groups is 1. The smallest absolute Gasteiger partial charge is 0.257 e. The van der Waals surface area contributed by atoms with E-state index in [2.05, 4.69) is 15.3 Å². The van der Waals surface area contributed by atoms with E-state index in [0.717, 1.165) is 32.9 Å². The molecule has 0 radical (unpaired) electrons. The Bertz CT molecular complexity index is 1030. The molecule has 1 amide bonds. The fourth-order valence-corrected chi connectivity index (χ4v) is 3.33. The molecule has 118 valence electrons. The van der Waals surface area contributed by atoms with E-state index in [1.54, 1.807) is 17.5 Å². The van der Waals surface area contributed by atoms with Crippen molar-refractivity contribution in [1.82, 2.24) is 9.97 Å². The van der Waals surface area contributed by atoms with Crippen molar-refractivity contribution in [1.29, 1.82) is 0 Å². The van der Waals surface area contributed by atoms with Gasteiger partial charge >= 0.3 is 0 Å². The van der Waals surface area contributed by atoms with Crippen LogP contribution in [0.2, 0.25) is 0 Å². The molecule has 0 unspecified atom stereocenters. The Morgan fingerprint density at radius 3 is 2.88 bits per heavy atom. The number of carbonyl (C=O) groups excluding carboxylic acids is 1. The highest BCUT2D eigenvalue weighted by molar-refractivity contribution is 7.09. The summed E-state index contributed by atoms with van der Waals surface area (Å²) in [6.07, 6.45) is 1.74. The van der Waals surface area contributed by atoms with Gasteiger partial charge < -0.3 is 10.3 Å². The van der Waals surface area contributed by atoms with E-state index >= 15 is 0 Å². The lowest BCUT2D eigenvalue weighted by Gasteiger charge is -2.06. The Morgan fingerprint density at radius 1 is 1.17 bits per heavy atom. The number of anilines is 1. The van der Waals surface area contributed by atoms with E-state index in [-0.39, 0.29) is 5.91 Å². The van der Waals surface area contributed by atoms with Crippen molar-refractivity contribution in [2.45, 2.75) is 6.92 Å². The number of aryl methyl sites for hydroxylation is 1. The SMILES string of the molecule is Cc1nc(-c2cccc(NC(=O)c3c[nH]c4ccccc34)c2)cs1. The first-order valence-corrected chi connectivity index (χ1v) is 8.49. The molecule has 0 aliphatic carbocycles. The van der Waals surface area contributed by atoms with Gasteiger partial charge in [0, 0.05) is 33.7 Å². The van der Waals surface area contributed by atoms with Gasteiger partial charge in [0.2, 0.25) is 0 Å². The number of thiazole rings is 1. The summed E-state index contributed by atoms with van der Waals surface area (Å²) in [6, 6.07) is 15.5. The molecule has 0 saturated heterocycles. The van der Waals surface area contributed by atoms with Crippen molar-refractivity contribution < 1.29 is 4.79 Å². The number of hydrogen-bond acceptors (Lipinski definition) is 3. The van der Waals surface area contributed by atoms with Gasteiger partial charge in [-0.15, -0.1) is 11.3 Å². The third-order valence-electron chi connectivity index (χ3n) is 3.87. The molecule has 2 N–H and O–H groups in total. The van der Waals surface area contributed by atoms with Crippen molar-refractivity contribution in [2.24, 2.45) is 0 Å². The molecule has 0 saturated carbocycles. The Balaban J connectivity index is 1.62.